The summed E-state index contributed by atoms with van der Waals surface area (Å²) in [6.07, 6.45) is 1.05. The summed E-state index contributed by atoms with van der Waals surface area (Å²) in [5.74, 6) is 0. The minimum absolute atomic E-state index is 0.0979. The van der Waals surface area contributed by atoms with E-state index < -0.39 is 0 Å². The van der Waals surface area contributed by atoms with Crippen LogP contribution in [0.25, 0.3) is 0 Å². The van der Waals surface area contributed by atoms with Crippen molar-refractivity contribution in [1.29, 1.82) is 0 Å². The first-order valence-corrected chi connectivity index (χ1v) is 8.00. The molecule has 0 saturated carbocycles. The van der Waals surface area contributed by atoms with Gasteiger partial charge in [-0.1, -0.05) is 30.3 Å². The van der Waals surface area contributed by atoms with Crippen LogP contribution in [0.1, 0.15) is 41.0 Å². The molecule has 1 aromatic heterocycles. The van der Waals surface area contributed by atoms with Crippen LogP contribution in [0.5, 0.6) is 0 Å². The lowest BCUT2D eigenvalue weighted by atomic mass is 10.1. The molecule has 2 heterocycles. The Labute approximate surface area is 124 Å². The van der Waals surface area contributed by atoms with Crippen molar-refractivity contribution >= 4 is 11.3 Å². The number of hydrogen-bond acceptors (Lipinski definition) is 4. The summed E-state index contributed by atoms with van der Waals surface area (Å²) in [5, 5.41) is 1.05. The third kappa shape index (κ3) is 2.64. The van der Waals surface area contributed by atoms with Crippen LogP contribution in [0, 0.1) is 0 Å². The number of rotatable bonds is 3. The van der Waals surface area contributed by atoms with Crippen molar-refractivity contribution < 1.29 is 0 Å². The van der Waals surface area contributed by atoms with E-state index in [1.807, 2.05) is 18.2 Å². The van der Waals surface area contributed by atoms with Gasteiger partial charge in [0.1, 0.15) is 5.01 Å². The van der Waals surface area contributed by atoms with Crippen LogP contribution in [-0.4, -0.2) is 22.5 Å². The van der Waals surface area contributed by atoms with Gasteiger partial charge in [-0.05, 0) is 19.4 Å². The fourth-order valence-corrected chi connectivity index (χ4v) is 3.78. The number of nitrogens with two attached hydrogens (primary N) is 1. The van der Waals surface area contributed by atoms with E-state index in [2.05, 4.69) is 30.9 Å². The Kier molecular flexibility index (Phi) is 3.87. The summed E-state index contributed by atoms with van der Waals surface area (Å²) >= 11 is 1.78. The first-order valence-electron chi connectivity index (χ1n) is 7.18. The van der Waals surface area contributed by atoms with Gasteiger partial charge in [-0.3, -0.25) is 4.90 Å². The smallest absolute Gasteiger partial charge is 0.114 e. The van der Waals surface area contributed by atoms with E-state index in [1.165, 1.54) is 10.6 Å². The Morgan fingerprint density at radius 3 is 2.70 bits per heavy atom. The molecule has 2 N–H and O–H groups in total. The fourth-order valence-electron chi connectivity index (χ4n) is 2.61. The van der Waals surface area contributed by atoms with Gasteiger partial charge < -0.3 is 5.73 Å². The minimum atomic E-state index is -0.0979. The van der Waals surface area contributed by atoms with Crippen molar-refractivity contribution in [3.8, 4) is 0 Å². The molecule has 0 aliphatic carbocycles. The summed E-state index contributed by atoms with van der Waals surface area (Å²) in [6, 6.07) is 10.7. The zero-order chi connectivity index (χ0) is 14.1. The molecule has 1 aromatic carbocycles. The molecule has 20 heavy (non-hydrogen) atoms. The van der Waals surface area contributed by atoms with E-state index in [0.29, 0.717) is 6.04 Å². The highest BCUT2D eigenvalue weighted by Gasteiger charge is 2.24. The van der Waals surface area contributed by atoms with E-state index >= 15 is 0 Å². The Bertz CT molecular complexity index is 577. The molecule has 0 bridgehead atoms. The van der Waals surface area contributed by atoms with E-state index in [1.54, 1.807) is 11.3 Å². The maximum Gasteiger partial charge on any atom is 0.114 e. The quantitative estimate of drug-likeness (QED) is 0.943. The molecule has 1 atom stereocenters. The first kappa shape index (κ1) is 13.7. The molecule has 0 fully saturated rings. The van der Waals surface area contributed by atoms with E-state index in [4.69, 9.17) is 10.7 Å². The number of aromatic nitrogens is 1. The average molecular weight is 287 g/mol. The normalized spacial score (nSPS) is 17.2. The summed E-state index contributed by atoms with van der Waals surface area (Å²) < 4.78 is 0. The van der Waals surface area contributed by atoms with Crippen LogP contribution in [0.15, 0.2) is 30.3 Å². The Morgan fingerprint density at radius 1 is 1.25 bits per heavy atom. The highest BCUT2D eigenvalue weighted by atomic mass is 32.1. The van der Waals surface area contributed by atoms with Gasteiger partial charge in [0.2, 0.25) is 0 Å². The molecule has 1 aliphatic heterocycles. The SMILES string of the molecule is CC(C)N1CCc2nc(C(N)c3ccccc3)sc2C1. The van der Waals surface area contributed by atoms with Crippen molar-refractivity contribution in [1.82, 2.24) is 9.88 Å². The molecular weight excluding hydrogens is 266 g/mol. The average Bonchev–Trinajstić information content (AvgIpc) is 2.90. The van der Waals surface area contributed by atoms with Crippen molar-refractivity contribution in [2.45, 2.75) is 38.9 Å². The van der Waals surface area contributed by atoms with E-state index in [9.17, 15) is 0 Å². The maximum absolute atomic E-state index is 6.36. The topological polar surface area (TPSA) is 42.2 Å². The molecule has 3 nitrogen and oxygen atoms in total. The van der Waals surface area contributed by atoms with Crippen LogP contribution in [0.2, 0.25) is 0 Å². The highest BCUT2D eigenvalue weighted by molar-refractivity contribution is 7.11. The molecule has 1 unspecified atom stereocenters. The lowest BCUT2D eigenvalue weighted by Gasteiger charge is -2.29. The van der Waals surface area contributed by atoms with Gasteiger partial charge in [-0.2, -0.15) is 0 Å². The second-order valence-corrected chi connectivity index (χ2v) is 6.74. The molecule has 0 spiro atoms. The lowest BCUT2D eigenvalue weighted by molar-refractivity contribution is 0.205. The molecule has 2 aromatic rings. The van der Waals surface area contributed by atoms with Crippen LogP contribution in [-0.2, 0) is 13.0 Å². The van der Waals surface area contributed by atoms with Gasteiger partial charge in [0.15, 0.2) is 0 Å². The second kappa shape index (κ2) is 5.64. The fraction of sp³-hybridized carbons (Fsp3) is 0.438. The standard InChI is InChI=1S/C16H21N3S/c1-11(2)19-9-8-13-14(10-19)20-16(18-13)15(17)12-6-4-3-5-7-12/h3-7,11,15H,8-10,17H2,1-2H3. The molecule has 1 aliphatic rings. The summed E-state index contributed by atoms with van der Waals surface area (Å²) in [5.41, 5.74) is 8.75. The summed E-state index contributed by atoms with van der Waals surface area (Å²) in [6.45, 7) is 6.63. The van der Waals surface area contributed by atoms with Crippen molar-refractivity contribution in [2.24, 2.45) is 5.73 Å². The maximum atomic E-state index is 6.36. The van der Waals surface area contributed by atoms with E-state index in [-0.39, 0.29) is 6.04 Å². The van der Waals surface area contributed by atoms with Crippen LogP contribution < -0.4 is 5.73 Å². The molecule has 3 rings (SSSR count). The van der Waals surface area contributed by atoms with Gasteiger partial charge in [0, 0.05) is 30.4 Å². The van der Waals surface area contributed by atoms with Crippen molar-refractivity contribution in [3.63, 3.8) is 0 Å². The predicted molar refractivity (Wildman–Crippen MR) is 83.8 cm³/mol. The Hall–Kier alpha value is -1.23. The third-order valence-corrected chi connectivity index (χ3v) is 5.10. The summed E-state index contributed by atoms with van der Waals surface area (Å²) in [4.78, 5) is 8.68. The Morgan fingerprint density at radius 2 is 2.00 bits per heavy atom. The number of hydrogen-bond donors (Lipinski definition) is 1. The molecule has 0 saturated heterocycles. The van der Waals surface area contributed by atoms with Crippen LogP contribution in [0.4, 0.5) is 0 Å². The molecule has 0 radical (unpaired) electrons. The van der Waals surface area contributed by atoms with Crippen molar-refractivity contribution in [2.75, 3.05) is 6.54 Å². The van der Waals surface area contributed by atoms with Crippen LogP contribution >= 0.6 is 11.3 Å². The number of benzene rings is 1. The molecule has 4 heteroatoms. The Balaban J connectivity index is 1.84. The first-order chi connectivity index (χ1) is 9.65. The number of thiazole rings is 1. The lowest BCUT2D eigenvalue weighted by Crippen LogP contribution is -2.35. The monoisotopic (exact) mass is 287 g/mol. The molecule has 0 amide bonds. The number of fused-ring (bicyclic) bond motifs is 1. The minimum Gasteiger partial charge on any atom is -0.318 e. The van der Waals surface area contributed by atoms with Gasteiger partial charge in [-0.25, -0.2) is 4.98 Å². The highest BCUT2D eigenvalue weighted by Crippen LogP contribution is 2.30. The van der Waals surface area contributed by atoms with Crippen LogP contribution in [0.3, 0.4) is 0 Å². The summed E-state index contributed by atoms with van der Waals surface area (Å²) in [7, 11) is 0. The van der Waals surface area contributed by atoms with Gasteiger partial charge in [0.25, 0.3) is 0 Å². The number of nitrogens with zero attached hydrogens (tertiary/aromatic N) is 2. The van der Waals surface area contributed by atoms with Gasteiger partial charge in [0.05, 0.1) is 11.7 Å². The molecule has 106 valence electrons. The van der Waals surface area contributed by atoms with Gasteiger partial charge in [-0.15, -0.1) is 11.3 Å². The zero-order valence-electron chi connectivity index (χ0n) is 12.0. The second-order valence-electron chi connectivity index (χ2n) is 5.62. The van der Waals surface area contributed by atoms with Gasteiger partial charge >= 0.3 is 0 Å². The van der Waals surface area contributed by atoms with E-state index in [0.717, 1.165) is 30.1 Å². The zero-order valence-corrected chi connectivity index (χ0v) is 12.9. The predicted octanol–water partition coefficient (Wildman–Crippen LogP) is 2.96. The van der Waals surface area contributed by atoms with Crippen molar-refractivity contribution in [3.05, 3.63) is 51.5 Å². The third-order valence-electron chi connectivity index (χ3n) is 3.93. The largest absolute Gasteiger partial charge is 0.318 e. The molecular formula is C16H21N3S.